The van der Waals surface area contributed by atoms with E-state index in [1.807, 2.05) is 12.1 Å². The van der Waals surface area contributed by atoms with E-state index >= 15 is 0 Å². The number of amides is 4. The molecular formula is C27H30N4O5. The summed E-state index contributed by atoms with van der Waals surface area (Å²) in [5.41, 5.74) is 4.16. The van der Waals surface area contributed by atoms with Crippen molar-refractivity contribution in [2.75, 3.05) is 14.2 Å². The minimum Gasteiger partial charge on any atom is -0.493 e. The first-order valence-corrected chi connectivity index (χ1v) is 12.2. The number of benzene rings is 2. The van der Waals surface area contributed by atoms with Gasteiger partial charge in [0.05, 0.1) is 26.8 Å². The molecule has 9 nitrogen and oxygen atoms in total. The topological polar surface area (TPSA) is 113 Å². The summed E-state index contributed by atoms with van der Waals surface area (Å²) in [7, 11) is 3.08. The van der Waals surface area contributed by atoms with E-state index in [9.17, 15) is 14.4 Å². The van der Waals surface area contributed by atoms with Gasteiger partial charge in [0.1, 0.15) is 6.04 Å². The van der Waals surface area contributed by atoms with Gasteiger partial charge >= 0.3 is 6.03 Å². The minimum atomic E-state index is -0.724. The Labute approximate surface area is 209 Å². The Morgan fingerprint density at radius 3 is 2.72 bits per heavy atom. The third-order valence-corrected chi connectivity index (χ3v) is 7.01. The molecule has 36 heavy (non-hydrogen) atoms. The molecule has 4 amide bonds. The van der Waals surface area contributed by atoms with Crippen LogP contribution in [0.1, 0.15) is 48.5 Å². The highest BCUT2D eigenvalue weighted by Crippen LogP contribution is 2.34. The number of aryl methyl sites for hydroxylation is 1. The van der Waals surface area contributed by atoms with Crippen LogP contribution in [-0.2, 0) is 22.6 Å². The number of aromatic nitrogens is 1. The Balaban J connectivity index is 1.19. The van der Waals surface area contributed by atoms with Gasteiger partial charge in [-0.2, -0.15) is 0 Å². The number of hydrogen-bond acceptors (Lipinski definition) is 5. The van der Waals surface area contributed by atoms with Crippen LogP contribution in [0.2, 0.25) is 0 Å². The highest BCUT2D eigenvalue weighted by molar-refractivity contribution is 6.04. The molecular weight excluding hydrogens is 460 g/mol. The fraction of sp³-hybridized carbons (Fsp3) is 0.370. The molecule has 0 bridgehead atoms. The molecule has 1 fully saturated rings. The van der Waals surface area contributed by atoms with E-state index in [-0.39, 0.29) is 37.2 Å². The van der Waals surface area contributed by atoms with Gasteiger partial charge in [-0.15, -0.1) is 0 Å². The second-order valence-electron chi connectivity index (χ2n) is 9.23. The quantitative estimate of drug-likeness (QED) is 0.418. The Morgan fingerprint density at radius 2 is 1.92 bits per heavy atom. The number of hydrogen-bond donors (Lipinski definition) is 3. The summed E-state index contributed by atoms with van der Waals surface area (Å²) in [6, 6.07) is 12.2. The van der Waals surface area contributed by atoms with Gasteiger partial charge in [-0.25, -0.2) is 4.79 Å². The van der Waals surface area contributed by atoms with Crippen LogP contribution in [0.4, 0.5) is 4.79 Å². The third kappa shape index (κ3) is 4.48. The van der Waals surface area contributed by atoms with Crippen LogP contribution >= 0.6 is 0 Å². The number of nitrogens with zero attached hydrogens (tertiary/aromatic N) is 1. The highest BCUT2D eigenvalue weighted by Gasteiger charge is 2.38. The van der Waals surface area contributed by atoms with Crippen molar-refractivity contribution < 1.29 is 23.9 Å². The first kappa shape index (κ1) is 23.7. The van der Waals surface area contributed by atoms with Gasteiger partial charge in [0.15, 0.2) is 11.5 Å². The zero-order chi connectivity index (χ0) is 25.2. The van der Waals surface area contributed by atoms with E-state index in [4.69, 9.17) is 9.47 Å². The molecule has 1 aliphatic heterocycles. The van der Waals surface area contributed by atoms with Crippen molar-refractivity contribution in [1.82, 2.24) is 20.5 Å². The van der Waals surface area contributed by atoms with E-state index in [0.29, 0.717) is 11.5 Å². The molecule has 3 N–H and O–H groups in total. The number of carbonyl (C=O) groups is 3. The van der Waals surface area contributed by atoms with Crippen molar-refractivity contribution in [3.63, 3.8) is 0 Å². The molecule has 2 atom stereocenters. The summed E-state index contributed by atoms with van der Waals surface area (Å²) in [4.78, 5) is 42.8. The lowest BCUT2D eigenvalue weighted by Gasteiger charge is -2.24. The predicted molar refractivity (Wildman–Crippen MR) is 134 cm³/mol. The molecule has 2 aromatic carbocycles. The lowest BCUT2D eigenvalue weighted by atomic mass is 9.91. The average Bonchev–Trinajstić information content (AvgIpc) is 3.40. The minimum absolute atomic E-state index is 0.0796. The molecule has 1 aliphatic carbocycles. The largest absolute Gasteiger partial charge is 0.493 e. The molecule has 5 rings (SSSR count). The van der Waals surface area contributed by atoms with Crippen LogP contribution in [0, 0.1) is 0 Å². The number of imide groups is 1. The van der Waals surface area contributed by atoms with Gasteiger partial charge < -0.3 is 25.1 Å². The zero-order valence-electron chi connectivity index (χ0n) is 20.4. The van der Waals surface area contributed by atoms with Crippen molar-refractivity contribution >= 4 is 28.7 Å². The maximum Gasteiger partial charge on any atom is 0.325 e. The van der Waals surface area contributed by atoms with Crippen LogP contribution in [0.25, 0.3) is 10.9 Å². The number of aromatic amines is 1. The van der Waals surface area contributed by atoms with E-state index < -0.39 is 12.1 Å². The van der Waals surface area contributed by atoms with Gasteiger partial charge in [-0.1, -0.05) is 24.3 Å². The van der Waals surface area contributed by atoms with Crippen LogP contribution in [0.15, 0.2) is 42.5 Å². The van der Waals surface area contributed by atoms with Crippen LogP contribution in [0.3, 0.4) is 0 Å². The predicted octanol–water partition coefficient (Wildman–Crippen LogP) is 3.58. The first-order valence-electron chi connectivity index (χ1n) is 12.2. The van der Waals surface area contributed by atoms with Gasteiger partial charge in [-0.3, -0.25) is 14.5 Å². The highest BCUT2D eigenvalue weighted by atomic mass is 16.5. The Hall–Kier alpha value is -4.01. The van der Waals surface area contributed by atoms with E-state index in [2.05, 4.69) is 27.8 Å². The number of methoxy groups -OCH3 is 2. The van der Waals surface area contributed by atoms with Gasteiger partial charge in [-0.05, 0) is 55.0 Å². The van der Waals surface area contributed by atoms with Crippen LogP contribution in [-0.4, -0.2) is 48.0 Å². The number of nitrogens with one attached hydrogen (secondary N) is 3. The molecule has 0 saturated carbocycles. The summed E-state index contributed by atoms with van der Waals surface area (Å²) in [6.07, 6.45) is 3.24. The molecule has 0 radical (unpaired) electrons. The number of rotatable bonds is 8. The van der Waals surface area contributed by atoms with Gasteiger partial charge in [0, 0.05) is 23.0 Å². The number of urea groups is 1. The molecule has 9 heteroatoms. The van der Waals surface area contributed by atoms with Gasteiger partial charge in [0.25, 0.3) is 5.91 Å². The van der Waals surface area contributed by atoms with Crippen molar-refractivity contribution in [1.29, 1.82) is 0 Å². The summed E-state index contributed by atoms with van der Waals surface area (Å²) in [5, 5.41) is 7.05. The maximum absolute atomic E-state index is 12.9. The molecule has 2 heterocycles. The molecule has 188 valence electrons. The van der Waals surface area contributed by atoms with Crippen molar-refractivity contribution in [2.45, 2.75) is 50.7 Å². The van der Waals surface area contributed by atoms with Crippen molar-refractivity contribution in [3.8, 4) is 11.5 Å². The molecule has 3 aromatic rings. The second-order valence-corrected chi connectivity index (χ2v) is 9.23. The number of H-pyrrole nitrogens is 1. The molecule has 2 aliphatic rings. The molecule has 0 spiro atoms. The van der Waals surface area contributed by atoms with Crippen molar-refractivity contribution in [3.05, 3.63) is 59.3 Å². The van der Waals surface area contributed by atoms with Crippen molar-refractivity contribution in [2.24, 2.45) is 0 Å². The Bertz CT molecular complexity index is 1320. The van der Waals surface area contributed by atoms with Crippen LogP contribution in [0.5, 0.6) is 11.5 Å². The summed E-state index contributed by atoms with van der Waals surface area (Å²) in [6.45, 7) is 0.110. The maximum atomic E-state index is 12.9. The van der Waals surface area contributed by atoms with Gasteiger partial charge in [0.2, 0.25) is 5.91 Å². The SMILES string of the molecule is COc1ccc(CN2C(=O)N[C@@H](CCC(=O)N[C@H]3CCCc4c3[nH]c3ccccc43)C2=O)cc1OC. The summed E-state index contributed by atoms with van der Waals surface area (Å²) < 4.78 is 10.5. The number of ether oxygens (including phenoxy) is 2. The number of carbonyl (C=O) groups excluding carboxylic acids is 3. The lowest BCUT2D eigenvalue weighted by Crippen LogP contribution is -2.34. The summed E-state index contributed by atoms with van der Waals surface area (Å²) >= 11 is 0. The second kappa shape index (κ2) is 9.93. The number of fused-ring (bicyclic) bond motifs is 3. The first-order chi connectivity index (χ1) is 17.5. The fourth-order valence-electron chi connectivity index (χ4n) is 5.19. The van der Waals surface area contributed by atoms with E-state index in [0.717, 1.165) is 36.0 Å². The zero-order valence-corrected chi connectivity index (χ0v) is 20.4. The number of para-hydroxylation sites is 1. The summed E-state index contributed by atoms with van der Waals surface area (Å²) in [5.74, 6) is 0.626. The molecule has 1 saturated heterocycles. The Morgan fingerprint density at radius 1 is 1.11 bits per heavy atom. The lowest BCUT2D eigenvalue weighted by molar-refractivity contribution is -0.128. The molecule has 0 unspecified atom stereocenters. The smallest absolute Gasteiger partial charge is 0.325 e. The van der Waals surface area contributed by atoms with E-state index in [1.165, 1.54) is 23.0 Å². The van der Waals surface area contributed by atoms with Crippen LogP contribution < -0.4 is 20.1 Å². The standard InChI is InChI=1S/C27H30N4O5/c1-35-22-12-10-16(14-23(22)36-2)15-31-26(33)21(30-27(31)34)11-13-24(32)28-20-9-5-7-18-17-6-3-4-8-19(17)29-25(18)20/h3-4,6,8,10,12,14,20-21,29H,5,7,9,11,13,15H2,1-2H3,(H,28,32)(H,30,34)/t20-,21-/m0/s1. The van der Waals surface area contributed by atoms with E-state index in [1.54, 1.807) is 25.3 Å². The Kier molecular flexibility index (Phi) is 6.54. The normalized spacial score (nSPS) is 19.2. The average molecular weight is 491 g/mol. The fourth-order valence-corrected chi connectivity index (χ4v) is 5.19. The third-order valence-electron chi connectivity index (χ3n) is 7.01. The monoisotopic (exact) mass is 490 g/mol. The molecule has 1 aromatic heterocycles.